The number of nitrogens with zero attached hydrogens (tertiary/aromatic N) is 2. The highest BCUT2D eigenvalue weighted by Gasteiger charge is 2.36. The highest BCUT2D eigenvalue weighted by molar-refractivity contribution is 7.80. The fourth-order valence-corrected chi connectivity index (χ4v) is 8.90. The number of hydrogen-bond donors (Lipinski definition) is 16. The number of aromatic amines is 2. The third-order valence-electron chi connectivity index (χ3n) is 12.5. The zero-order valence-corrected chi connectivity index (χ0v) is 44.6. The van der Waals surface area contributed by atoms with Gasteiger partial charge in [-0.3, -0.25) is 52.9 Å². The van der Waals surface area contributed by atoms with Gasteiger partial charge in [-0.05, 0) is 49.3 Å². The first kappa shape index (κ1) is 60.7. The van der Waals surface area contributed by atoms with Gasteiger partial charge in [0.1, 0.15) is 48.3 Å². The van der Waals surface area contributed by atoms with Crippen LogP contribution in [-0.4, -0.2) is 153 Å². The molecule has 0 unspecified atom stereocenters. The van der Waals surface area contributed by atoms with E-state index in [-0.39, 0.29) is 81.9 Å². The van der Waals surface area contributed by atoms with Crippen molar-refractivity contribution in [2.75, 3.05) is 24.6 Å². The smallest absolute Gasteiger partial charge is 0.244 e. The Kier molecular flexibility index (Phi) is 23.8. The number of H-pyrrole nitrogens is 2. The van der Waals surface area contributed by atoms with E-state index in [1.54, 1.807) is 42.6 Å². The van der Waals surface area contributed by atoms with Crippen LogP contribution in [0.1, 0.15) is 62.3 Å². The molecule has 5 rings (SSSR count). The van der Waals surface area contributed by atoms with Gasteiger partial charge in [0.25, 0.3) is 0 Å². The molecule has 420 valence electrons. The van der Waals surface area contributed by atoms with Gasteiger partial charge < -0.3 is 75.0 Å². The second-order valence-electron chi connectivity index (χ2n) is 18.5. The lowest BCUT2D eigenvalue weighted by atomic mass is 10.0. The summed E-state index contributed by atoms with van der Waals surface area (Å²) >= 11 is 8.31. The summed E-state index contributed by atoms with van der Waals surface area (Å²) in [5, 5.41) is 24.5. The van der Waals surface area contributed by atoms with Gasteiger partial charge in [-0.1, -0.05) is 48.5 Å². The predicted molar refractivity (Wildman–Crippen MR) is 294 cm³/mol. The highest BCUT2D eigenvalue weighted by Crippen LogP contribution is 2.20. The molecule has 1 aliphatic rings. The van der Waals surface area contributed by atoms with Gasteiger partial charge in [-0.2, -0.15) is 25.3 Å². The number of primary amides is 1. The molecule has 2 aromatic carbocycles. The maximum Gasteiger partial charge on any atom is 0.244 e. The number of thiol groups is 2. The Hall–Kier alpha value is -8.14. The predicted octanol–water partition coefficient (Wildman–Crippen LogP) is -3.09. The van der Waals surface area contributed by atoms with Gasteiger partial charge in [0, 0.05) is 79.8 Å². The van der Waals surface area contributed by atoms with Crippen molar-refractivity contribution < 1.29 is 47.9 Å². The molecule has 1 fully saturated rings. The van der Waals surface area contributed by atoms with Crippen LogP contribution in [-0.2, 0) is 67.2 Å². The van der Waals surface area contributed by atoms with E-state index < -0.39 is 114 Å². The van der Waals surface area contributed by atoms with E-state index in [1.165, 1.54) is 19.4 Å². The van der Waals surface area contributed by atoms with Crippen LogP contribution in [0.25, 0.3) is 10.9 Å². The van der Waals surface area contributed by atoms with Crippen LogP contribution < -0.4 is 65.1 Å². The number of carbonyl (C=O) groups is 10. The number of carbonyl (C=O) groups excluding carboxylic acids is 10. The van der Waals surface area contributed by atoms with Crippen molar-refractivity contribution >= 4 is 101 Å². The summed E-state index contributed by atoms with van der Waals surface area (Å²) in [7, 11) is 0. The maximum absolute atomic E-state index is 14.8. The molecule has 0 spiro atoms. The van der Waals surface area contributed by atoms with Crippen molar-refractivity contribution in [2.45, 2.75) is 113 Å². The molecule has 2 aromatic heterocycles. The lowest BCUT2D eigenvalue weighted by Gasteiger charge is -2.28. The van der Waals surface area contributed by atoms with Crippen molar-refractivity contribution in [1.29, 1.82) is 0 Å². The van der Waals surface area contributed by atoms with Crippen molar-refractivity contribution in [3.8, 4) is 0 Å². The SMILES string of the molecule is CC(=O)N[C@@H](CS)C(=O)N[C@H]1CC(=O)NCCCC[C@@H](C(=O)N[C@@H](CS)C(N)=O)NC(=O)[C@H](Cc2c[nH]c3ccccc23)NC(=O)[C@H](CCCN=C(N)N)NC(=O)[C@@H](Cc2ccccc2)NC(=O)[C@H](Cc2cnc[nH]2)NC1=O. The Morgan fingerprint density at radius 1 is 0.731 bits per heavy atom. The van der Waals surface area contributed by atoms with Gasteiger partial charge >= 0.3 is 0 Å². The molecule has 26 nitrogen and oxygen atoms in total. The van der Waals surface area contributed by atoms with E-state index in [4.69, 9.17) is 17.2 Å². The topological polar surface area (TPSA) is 414 Å². The summed E-state index contributed by atoms with van der Waals surface area (Å²) in [6, 6.07) is 4.59. The quantitative estimate of drug-likeness (QED) is 0.0204. The third-order valence-corrected chi connectivity index (χ3v) is 13.2. The number of nitrogens with two attached hydrogens (primary N) is 3. The van der Waals surface area contributed by atoms with Crippen molar-refractivity contribution in [2.24, 2.45) is 22.2 Å². The van der Waals surface area contributed by atoms with Crippen LogP contribution in [0.5, 0.6) is 0 Å². The number of hydrogen-bond acceptors (Lipinski definition) is 14. The van der Waals surface area contributed by atoms with Gasteiger partial charge in [0.2, 0.25) is 59.1 Å². The van der Waals surface area contributed by atoms with Crippen molar-refractivity contribution in [1.82, 2.24) is 62.8 Å². The number of aromatic nitrogens is 3. The van der Waals surface area contributed by atoms with Gasteiger partial charge in [-0.15, -0.1) is 0 Å². The Morgan fingerprint density at radius 2 is 1.36 bits per heavy atom. The van der Waals surface area contributed by atoms with Gasteiger partial charge in [0.15, 0.2) is 5.96 Å². The number of fused-ring (bicyclic) bond motifs is 1. The number of guanidine groups is 1. The fraction of sp³-hybridized carbons (Fsp3) is 0.440. The number of aliphatic imine (C=N–C) groups is 1. The van der Waals surface area contributed by atoms with Crippen LogP contribution >= 0.6 is 25.3 Å². The minimum atomic E-state index is -1.65. The molecule has 10 amide bonds. The monoisotopic (exact) mass is 1120 g/mol. The summed E-state index contributed by atoms with van der Waals surface area (Å²) in [4.78, 5) is 153. The van der Waals surface area contributed by atoms with E-state index in [9.17, 15) is 47.9 Å². The average Bonchev–Trinajstić information content (AvgIpc) is 4.08. The standard InChI is InChI=1S/C50H68N16O10S2/c1-27(67)59-40(25-78)49(76)65-38-21-41(68)55-16-8-7-14-33(44(71)66-39(24-77)42(51)69)60-46(73)36(19-29-22-57-32-13-6-5-12-31(29)32)63-43(70)34(15-9-17-56-50(52)53)61-45(72)35(18-28-10-3-2-4-11-28)62-47(74)37(64-48(38)75)20-30-23-54-26-58-30/h2-6,10-13,22-23,26,33-40,57,77-78H,7-9,14-21,24-25H2,1H3,(H2,51,69)(H,54,58)(H,55,68)(H,59,67)(H,60,73)(H,61,72)(H,62,74)(H,63,70)(H,64,75)(H,65,76)(H,66,71)(H4,52,53,56)/t33-,34-,35+,36-,37-,38-,39-,40-/m0/s1. The minimum Gasteiger partial charge on any atom is -0.370 e. The van der Waals surface area contributed by atoms with E-state index in [1.807, 2.05) is 18.2 Å². The molecule has 8 atom stereocenters. The molecule has 0 radical (unpaired) electrons. The zero-order chi connectivity index (χ0) is 56.7. The summed E-state index contributed by atoms with van der Waals surface area (Å²) in [5.41, 5.74) is 19.0. The van der Waals surface area contributed by atoms with E-state index in [2.05, 4.69) is 93.1 Å². The number of amides is 10. The fourth-order valence-electron chi connectivity index (χ4n) is 8.38. The summed E-state index contributed by atoms with van der Waals surface area (Å²) < 4.78 is 0. The van der Waals surface area contributed by atoms with E-state index >= 15 is 0 Å². The summed E-state index contributed by atoms with van der Waals surface area (Å²) in [5.74, 6) is -8.89. The molecule has 1 saturated heterocycles. The summed E-state index contributed by atoms with van der Waals surface area (Å²) in [6.07, 6.45) is 3.57. The number of para-hydroxylation sites is 1. The Balaban J connectivity index is 1.59. The second kappa shape index (κ2) is 30.6. The molecule has 17 N–H and O–H groups in total. The zero-order valence-electron chi connectivity index (χ0n) is 42.8. The first-order chi connectivity index (χ1) is 37.3. The molecule has 3 heterocycles. The minimum absolute atomic E-state index is 0.0286. The second-order valence-corrected chi connectivity index (χ2v) is 19.2. The first-order valence-electron chi connectivity index (χ1n) is 25.1. The molecule has 0 saturated carbocycles. The van der Waals surface area contributed by atoms with Crippen molar-refractivity contribution in [3.63, 3.8) is 0 Å². The molecule has 1 aliphatic heterocycles. The third kappa shape index (κ3) is 19.2. The maximum atomic E-state index is 14.8. The molecule has 4 aromatic rings. The normalized spacial score (nSPS) is 21.2. The number of benzene rings is 2. The first-order valence-corrected chi connectivity index (χ1v) is 26.4. The Labute approximate surface area is 460 Å². The van der Waals surface area contributed by atoms with E-state index in [0.29, 0.717) is 16.8 Å². The molecule has 0 bridgehead atoms. The van der Waals surface area contributed by atoms with Crippen LogP contribution in [0.3, 0.4) is 0 Å². The molecule has 78 heavy (non-hydrogen) atoms. The van der Waals surface area contributed by atoms with Gasteiger partial charge in [-0.25, -0.2) is 4.98 Å². The highest BCUT2D eigenvalue weighted by atomic mass is 32.1. The number of rotatable bonds is 18. The molecular weight excluding hydrogens is 1050 g/mol. The van der Waals surface area contributed by atoms with Crippen LogP contribution in [0, 0.1) is 0 Å². The van der Waals surface area contributed by atoms with Crippen LogP contribution in [0.15, 0.2) is 78.3 Å². The number of imidazole rings is 1. The number of nitrogens with one attached hydrogen (secondary N) is 11. The molecular formula is C50H68N16O10S2. The largest absolute Gasteiger partial charge is 0.370 e. The molecule has 0 aliphatic carbocycles. The van der Waals surface area contributed by atoms with E-state index in [0.717, 1.165) is 10.9 Å². The lowest BCUT2D eigenvalue weighted by Crippen LogP contribution is -2.61. The molecule has 28 heteroatoms. The van der Waals surface area contributed by atoms with Crippen molar-refractivity contribution in [3.05, 3.63) is 90.1 Å². The summed E-state index contributed by atoms with van der Waals surface area (Å²) in [6.45, 7) is 1.17. The Morgan fingerprint density at radius 3 is 2.01 bits per heavy atom. The van der Waals surface area contributed by atoms with Crippen LogP contribution in [0.4, 0.5) is 0 Å². The lowest BCUT2D eigenvalue weighted by molar-refractivity contribution is -0.136. The van der Waals surface area contributed by atoms with Gasteiger partial charge in [0.05, 0.1) is 12.7 Å². The Bertz CT molecular complexity index is 2760. The van der Waals surface area contributed by atoms with Crippen LogP contribution in [0.2, 0.25) is 0 Å². The average molecular weight is 1120 g/mol.